The van der Waals surface area contributed by atoms with Gasteiger partial charge in [0.25, 0.3) is 0 Å². The van der Waals surface area contributed by atoms with Gasteiger partial charge in [-0.15, -0.1) is 12.3 Å². The fourth-order valence-corrected chi connectivity index (χ4v) is 3.13. The Bertz CT molecular complexity index is 512. The van der Waals surface area contributed by atoms with Crippen molar-refractivity contribution in [3.63, 3.8) is 0 Å². The molecule has 0 radical (unpaired) electrons. The molecule has 1 aromatic rings. The van der Waals surface area contributed by atoms with E-state index < -0.39 is 0 Å². The van der Waals surface area contributed by atoms with Gasteiger partial charge in [0.2, 0.25) is 5.91 Å². The van der Waals surface area contributed by atoms with E-state index in [9.17, 15) is 4.79 Å². The Morgan fingerprint density at radius 2 is 2.05 bits per heavy atom. The van der Waals surface area contributed by atoms with E-state index in [0.717, 1.165) is 6.42 Å². The zero-order chi connectivity index (χ0) is 14.8. The molecule has 1 aromatic carbocycles. The number of hydrogen-bond acceptors (Lipinski definition) is 1. The molecule has 1 saturated heterocycles. The van der Waals surface area contributed by atoms with Crippen LogP contribution in [0.15, 0.2) is 30.3 Å². The van der Waals surface area contributed by atoms with E-state index in [1.165, 1.54) is 5.56 Å². The normalized spacial score (nSPS) is 20.8. The minimum Gasteiger partial charge on any atom is -0.339 e. The van der Waals surface area contributed by atoms with Crippen LogP contribution in [-0.2, 0) is 10.2 Å². The number of rotatable bonds is 4. The number of likely N-dealkylation sites (tertiary alicyclic amines) is 1. The molecule has 20 heavy (non-hydrogen) atoms. The van der Waals surface area contributed by atoms with E-state index in [1.807, 2.05) is 11.0 Å². The molecule has 0 N–H and O–H groups in total. The van der Waals surface area contributed by atoms with Crippen molar-refractivity contribution in [2.24, 2.45) is 5.92 Å². The van der Waals surface area contributed by atoms with Crippen LogP contribution in [0, 0.1) is 18.3 Å². The fourth-order valence-electron chi connectivity index (χ4n) is 3.13. The Balaban J connectivity index is 2.06. The van der Waals surface area contributed by atoms with Gasteiger partial charge >= 0.3 is 0 Å². The van der Waals surface area contributed by atoms with E-state index in [1.54, 1.807) is 0 Å². The summed E-state index contributed by atoms with van der Waals surface area (Å²) in [7, 11) is 0. The molecular weight excluding hydrogens is 246 g/mol. The van der Waals surface area contributed by atoms with Crippen molar-refractivity contribution in [1.82, 2.24) is 4.90 Å². The maximum Gasteiger partial charge on any atom is 0.224 e. The maximum atomic E-state index is 12.0. The Labute approximate surface area is 122 Å². The first-order chi connectivity index (χ1) is 9.44. The van der Waals surface area contributed by atoms with Gasteiger partial charge in [0.05, 0.1) is 0 Å². The van der Waals surface area contributed by atoms with E-state index in [4.69, 9.17) is 6.42 Å². The first kappa shape index (κ1) is 14.7. The molecule has 1 aliphatic heterocycles. The molecule has 1 aliphatic rings. The van der Waals surface area contributed by atoms with Crippen LogP contribution in [0.4, 0.5) is 0 Å². The standard InChI is InChI=1S/C18H23NO/c1-5-15-11-17(20)19(13-15)14(2)12-18(3,4)16-9-7-6-8-10-16/h1,6-10,14-15H,11-13H2,2-4H3. The van der Waals surface area contributed by atoms with Crippen molar-refractivity contribution in [1.29, 1.82) is 0 Å². The molecule has 2 rings (SSSR count). The number of amides is 1. The van der Waals surface area contributed by atoms with Gasteiger partial charge in [-0.05, 0) is 24.3 Å². The second kappa shape index (κ2) is 5.71. The quantitative estimate of drug-likeness (QED) is 0.769. The van der Waals surface area contributed by atoms with Crippen LogP contribution in [0.1, 0.15) is 39.2 Å². The Morgan fingerprint density at radius 3 is 2.60 bits per heavy atom. The summed E-state index contributed by atoms with van der Waals surface area (Å²) < 4.78 is 0. The topological polar surface area (TPSA) is 20.3 Å². The fraction of sp³-hybridized carbons (Fsp3) is 0.500. The van der Waals surface area contributed by atoms with Crippen LogP contribution in [0.25, 0.3) is 0 Å². The van der Waals surface area contributed by atoms with Gasteiger partial charge in [0.1, 0.15) is 0 Å². The second-order valence-corrected chi connectivity index (χ2v) is 6.42. The summed E-state index contributed by atoms with van der Waals surface area (Å²) in [6, 6.07) is 10.7. The predicted molar refractivity (Wildman–Crippen MR) is 82.2 cm³/mol. The van der Waals surface area contributed by atoms with Crippen LogP contribution >= 0.6 is 0 Å². The van der Waals surface area contributed by atoms with E-state index in [0.29, 0.717) is 13.0 Å². The second-order valence-electron chi connectivity index (χ2n) is 6.42. The number of nitrogens with zero attached hydrogens (tertiary/aromatic N) is 1. The first-order valence-electron chi connectivity index (χ1n) is 7.25. The van der Waals surface area contributed by atoms with Gasteiger partial charge in [-0.1, -0.05) is 44.2 Å². The van der Waals surface area contributed by atoms with Gasteiger partial charge in [-0.3, -0.25) is 4.79 Å². The number of carbonyl (C=O) groups is 1. The molecule has 1 fully saturated rings. The molecule has 106 valence electrons. The van der Waals surface area contributed by atoms with Crippen molar-refractivity contribution in [2.75, 3.05) is 6.54 Å². The van der Waals surface area contributed by atoms with Crippen LogP contribution in [0.3, 0.4) is 0 Å². The molecule has 1 amide bonds. The van der Waals surface area contributed by atoms with Gasteiger partial charge < -0.3 is 4.90 Å². The van der Waals surface area contributed by atoms with Gasteiger partial charge in [-0.25, -0.2) is 0 Å². The van der Waals surface area contributed by atoms with Gasteiger partial charge in [0, 0.05) is 24.9 Å². The molecule has 2 atom stereocenters. The van der Waals surface area contributed by atoms with E-state index in [2.05, 4.69) is 51.0 Å². The average molecular weight is 269 g/mol. The number of benzene rings is 1. The molecule has 0 aromatic heterocycles. The predicted octanol–water partition coefficient (Wildman–Crippen LogP) is 3.22. The van der Waals surface area contributed by atoms with Crippen LogP contribution < -0.4 is 0 Å². The molecule has 2 heteroatoms. The lowest BCUT2D eigenvalue weighted by Crippen LogP contribution is -2.38. The van der Waals surface area contributed by atoms with Crippen molar-refractivity contribution in [2.45, 2.75) is 45.1 Å². The van der Waals surface area contributed by atoms with Crippen molar-refractivity contribution < 1.29 is 4.79 Å². The smallest absolute Gasteiger partial charge is 0.224 e. The Kier molecular flexibility index (Phi) is 4.18. The zero-order valence-electron chi connectivity index (χ0n) is 12.6. The molecule has 0 aliphatic carbocycles. The lowest BCUT2D eigenvalue weighted by molar-refractivity contribution is -0.129. The minimum atomic E-state index is 0.0508. The summed E-state index contributed by atoms with van der Waals surface area (Å²) in [6.45, 7) is 7.30. The summed E-state index contributed by atoms with van der Waals surface area (Å²) in [5, 5.41) is 0. The largest absolute Gasteiger partial charge is 0.339 e. The highest BCUT2D eigenvalue weighted by Crippen LogP contribution is 2.31. The SMILES string of the molecule is C#CC1CC(=O)N(C(C)CC(C)(C)c2ccccc2)C1. The van der Waals surface area contributed by atoms with Crippen molar-refractivity contribution in [3.8, 4) is 12.3 Å². The third-order valence-electron chi connectivity index (χ3n) is 4.29. The third-order valence-corrected chi connectivity index (χ3v) is 4.29. The third kappa shape index (κ3) is 3.04. The highest BCUT2D eigenvalue weighted by Gasteiger charge is 2.34. The first-order valence-corrected chi connectivity index (χ1v) is 7.25. The molecule has 0 spiro atoms. The molecular formula is C18H23NO. The summed E-state index contributed by atoms with van der Waals surface area (Å²) in [4.78, 5) is 14.0. The monoisotopic (exact) mass is 269 g/mol. The molecule has 1 heterocycles. The van der Waals surface area contributed by atoms with Crippen molar-refractivity contribution in [3.05, 3.63) is 35.9 Å². The minimum absolute atomic E-state index is 0.0508. The van der Waals surface area contributed by atoms with Crippen molar-refractivity contribution >= 4 is 5.91 Å². The van der Waals surface area contributed by atoms with Gasteiger partial charge in [-0.2, -0.15) is 0 Å². The molecule has 2 unspecified atom stereocenters. The summed E-state index contributed by atoms with van der Waals surface area (Å²) in [5.41, 5.74) is 1.36. The molecule has 2 nitrogen and oxygen atoms in total. The molecule has 0 saturated carbocycles. The number of terminal acetylenes is 1. The highest BCUT2D eigenvalue weighted by molar-refractivity contribution is 5.79. The maximum absolute atomic E-state index is 12.0. The number of hydrogen-bond donors (Lipinski definition) is 0. The van der Waals surface area contributed by atoms with Crippen LogP contribution in [0.5, 0.6) is 0 Å². The Hall–Kier alpha value is -1.75. The highest BCUT2D eigenvalue weighted by atomic mass is 16.2. The van der Waals surface area contributed by atoms with E-state index in [-0.39, 0.29) is 23.3 Å². The summed E-state index contributed by atoms with van der Waals surface area (Å²) >= 11 is 0. The lowest BCUT2D eigenvalue weighted by Gasteiger charge is -2.33. The van der Waals surface area contributed by atoms with E-state index >= 15 is 0 Å². The average Bonchev–Trinajstić information content (AvgIpc) is 2.81. The van der Waals surface area contributed by atoms with Crippen LogP contribution in [-0.4, -0.2) is 23.4 Å². The number of carbonyl (C=O) groups excluding carboxylic acids is 1. The lowest BCUT2D eigenvalue weighted by atomic mass is 9.79. The summed E-state index contributed by atoms with van der Waals surface area (Å²) in [5.74, 6) is 3.00. The van der Waals surface area contributed by atoms with Crippen LogP contribution in [0.2, 0.25) is 0 Å². The zero-order valence-corrected chi connectivity index (χ0v) is 12.6. The summed E-state index contributed by atoms with van der Waals surface area (Å²) in [6.07, 6.45) is 6.90. The van der Waals surface area contributed by atoms with Gasteiger partial charge in [0.15, 0.2) is 0 Å². The molecule has 0 bridgehead atoms. The Morgan fingerprint density at radius 1 is 1.40 bits per heavy atom.